The molecule has 0 fully saturated rings. The molecule has 2 heterocycles. The summed E-state index contributed by atoms with van der Waals surface area (Å²) in [5.41, 5.74) is 2.29. The summed E-state index contributed by atoms with van der Waals surface area (Å²) in [5.74, 6) is 0. The average molecular weight is 270 g/mol. The molecule has 0 bridgehead atoms. The van der Waals surface area contributed by atoms with E-state index in [9.17, 15) is 0 Å². The lowest BCUT2D eigenvalue weighted by Gasteiger charge is -2.16. The predicted octanol–water partition coefficient (Wildman–Crippen LogP) is 3.24. The van der Waals surface area contributed by atoms with Crippen molar-refractivity contribution in [2.45, 2.75) is 26.4 Å². The number of hydrogen-bond donors (Lipinski definition) is 1. The lowest BCUT2D eigenvalue weighted by molar-refractivity contribution is 0.567. The van der Waals surface area contributed by atoms with E-state index < -0.39 is 0 Å². The second kappa shape index (κ2) is 5.21. The smallest absolute Gasteiger partial charge is 0.0854 e. The minimum Gasteiger partial charge on any atom is -0.307 e. The van der Waals surface area contributed by atoms with Crippen LogP contribution in [0.4, 0.5) is 0 Å². The molecule has 0 amide bonds. The van der Waals surface area contributed by atoms with Crippen molar-refractivity contribution in [2.24, 2.45) is 0 Å². The fourth-order valence-electron chi connectivity index (χ4n) is 1.91. The van der Waals surface area contributed by atoms with E-state index in [0.29, 0.717) is 0 Å². The molecule has 5 heteroatoms. The molecular formula is C12H16ClN3S. The van der Waals surface area contributed by atoms with Crippen molar-refractivity contribution in [2.75, 3.05) is 7.05 Å². The van der Waals surface area contributed by atoms with Gasteiger partial charge < -0.3 is 5.32 Å². The van der Waals surface area contributed by atoms with Gasteiger partial charge in [0.15, 0.2) is 0 Å². The normalized spacial score (nSPS) is 12.9. The summed E-state index contributed by atoms with van der Waals surface area (Å²) >= 11 is 8.03. The molecule has 0 aliphatic heterocycles. The Morgan fingerprint density at radius 1 is 1.59 bits per heavy atom. The first-order valence-electron chi connectivity index (χ1n) is 5.61. The van der Waals surface area contributed by atoms with E-state index in [0.717, 1.165) is 27.7 Å². The molecule has 92 valence electrons. The molecule has 2 aromatic heterocycles. The van der Waals surface area contributed by atoms with E-state index >= 15 is 0 Å². The summed E-state index contributed by atoms with van der Waals surface area (Å²) < 4.78 is 1.99. The predicted molar refractivity (Wildman–Crippen MR) is 72.9 cm³/mol. The van der Waals surface area contributed by atoms with E-state index in [-0.39, 0.29) is 6.04 Å². The molecule has 0 saturated heterocycles. The highest BCUT2D eigenvalue weighted by atomic mass is 35.5. The van der Waals surface area contributed by atoms with E-state index in [1.807, 2.05) is 30.9 Å². The molecule has 1 N–H and O–H groups in total. The molecule has 2 aromatic rings. The van der Waals surface area contributed by atoms with E-state index in [2.05, 4.69) is 22.7 Å². The lowest BCUT2D eigenvalue weighted by atomic mass is 10.1. The summed E-state index contributed by atoms with van der Waals surface area (Å²) in [7, 11) is 1.95. The Bertz CT molecular complexity index is 504. The Hall–Kier alpha value is -0.840. The summed E-state index contributed by atoms with van der Waals surface area (Å²) in [6.45, 7) is 4.99. The van der Waals surface area contributed by atoms with Gasteiger partial charge in [-0.1, -0.05) is 11.6 Å². The van der Waals surface area contributed by atoms with Crippen LogP contribution in [0.3, 0.4) is 0 Å². The van der Waals surface area contributed by atoms with Gasteiger partial charge in [-0.25, -0.2) is 0 Å². The fourth-order valence-corrected chi connectivity index (χ4v) is 3.33. The number of aryl methyl sites for hydroxylation is 2. The molecule has 17 heavy (non-hydrogen) atoms. The van der Waals surface area contributed by atoms with Crippen LogP contribution in [-0.2, 0) is 6.54 Å². The third-order valence-corrected chi connectivity index (χ3v) is 4.60. The molecule has 0 spiro atoms. The quantitative estimate of drug-likeness (QED) is 0.924. The first-order chi connectivity index (χ1) is 8.19. The van der Waals surface area contributed by atoms with Gasteiger partial charge in [0.2, 0.25) is 0 Å². The molecule has 0 aromatic carbocycles. The Morgan fingerprint density at radius 2 is 2.35 bits per heavy atom. The van der Waals surface area contributed by atoms with Crippen molar-refractivity contribution in [1.29, 1.82) is 0 Å². The van der Waals surface area contributed by atoms with Crippen LogP contribution < -0.4 is 5.32 Å². The molecular weight excluding hydrogens is 254 g/mol. The zero-order valence-electron chi connectivity index (χ0n) is 10.2. The number of halogens is 1. The number of aromatic nitrogens is 2. The number of hydrogen-bond acceptors (Lipinski definition) is 3. The van der Waals surface area contributed by atoms with Crippen molar-refractivity contribution in [3.8, 4) is 0 Å². The third kappa shape index (κ3) is 2.25. The van der Waals surface area contributed by atoms with Gasteiger partial charge in [0.05, 0.1) is 16.8 Å². The van der Waals surface area contributed by atoms with Crippen LogP contribution in [0.5, 0.6) is 0 Å². The van der Waals surface area contributed by atoms with Gasteiger partial charge >= 0.3 is 0 Å². The van der Waals surface area contributed by atoms with Gasteiger partial charge in [-0.2, -0.15) is 5.10 Å². The average Bonchev–Trinajstić information content (AvgIpc) is 2.92. The van der Waals surface area contributed by atoms with Gasteiger partial charge in [-0.05, 0) is 37.9 Å². The van der Waals surface area contributed by atoms with Gasteiger partial charge in [0, 0.05) is 17.6 Å². The summed E-state index contributed by atoms with van der Waals surface area (Å²) in [4.78, 5) is 1.15. The van der Waals surface area contributed by atoms with Crippen LogP contribution in [0.15, 0.2) is 17.6 Å². The summed E-state index contributed by atoms with van der Waals surface area (Å²) in [6.07, 6.45) is 1.83. The van der Waals surface area contributed by atoms with Gasteiger partial charge in [-0.3, -0.25) is 4.68 Å². The van der Waals surface area contributed by atoms with Crippen molar-refractivity contribution >= 4 is 22.9 Å². The van der Waals surface area contributed by atoms with E-state index in [4.69, 9.17) is 11.6 Å². The highest BCUT2D eigenvalue weighted by Crippen LogP contribution is 2.35. The van der Waals surface area contributed by atoms with Gasteiger partial charge in [-0.15, -0.1) is 11.3 Å². The SMILES string of the molecule is CCn1nccc1C(NC)c1scc(C)c1Cl. The summed E-state index contributed by atoms with van der Waals surface area (Å²) in [5, 5.41) is 10.6. The van der Waals surface area contributed by atoms with Crippen LogP contribution in [0.2, 0.25) is 5.02 Å². The Labute approximate surface area is 110 Å². The van der Waals surface area contributed by atoms with Gasteiger partial charge in [0.25, 0.3) is 0 Å². The van der Waals surface area contributed by atoms with Crippen LogP contribution in [0.1, 0.15) is 29.1 Å². The topological polar surface area (TPSA) is 29.9 Å². The zero-order valence-corrected chi connectivity index (χ0v) is 11.8. The minimum atomic E-state index is 0.114. The molecule has 2 rings (SSSR count). The van der Waals surface area contributed by atoms with Crippen molar-refractivity contribution in [1.82, 2.24) is 15.1 Å². The molecule has 3 nitrogen and oxygen atoms in total. The highest BCUT2D eigenvalue weighted by Gasteiger charge is 2.21. The van der Waals surface area contributed by atoms with Crippen LogP contribution in [0.25, 0.3) is 0 Å². The monoisotopic (exact) mass is 269 g/mol. The second-order valence-electron chi connectivity index (χ2n) is 3.89. The standard InChI is InChI=1S/C12H16ClN3S/c1-4-16-9(5-6-15-16)11(14-3)12-10(13)8(2)7-17-12/h5-7,11,14H,4H2,1-3H3. The number of rotatable bonds is 4. The minimum absolute atomic E-state index is 0.114. The Kier molecular flexibility index (Phi) is 3.86. The maximum Gasteiger partial charge on any atom is 0.0854 e. The number of thiophene rings is 1. The molecule has 0 aliphatic rings. The highest BCUT2D eigenvalue weighted by molar-refractivity contribution is 7.10. The van der Waals surface area contributed by atoms with Crippen LogP contribution in [0, 0.1) is 6.92 Å². The van der Waals surface area contributed by atoms with Crippen LogP contribution in [-0.4, -0.2) is 16.8 Å². The zero-order chi connectivity index (χ0) is 12.4. The maximum atomic E-state index is 6.34. The second-order valence-corrected chi connectivity index (χ2v) is 5.18. The van der Waals surface area contributed by atoms with Crippen molar-refractivity contribution in [3.63, 3.8) is 0 Å². The Balaban J connectivity index is 2.44. The first kappa shape index (κ1) is 12.6. The number of nitrogens with one attached hydrogen (secondary N) is 1. The fraction of sp³-hybridized carbons (Fsp3) is 0.417. The molecule has 1 unspecified atom stereocenters. The number of nitrogens with zero attached hydrogens (tertiary/aromatic N) is 2. The lowest BCUT2D eigenvalue weighted by Crippen LogP contribution is -2.20. The molecule has 1 atom stereocenters. The van der Waals surface area contributed by atoms with E-state index in [1.165, 1.54) is 0 Å². The molecule has 0 saturated carbocycles. The van der Waals surface area contributed by atoms with E-state index in [1.54, 1.807) is 11.3 Å². The Morgan fingerprint density at radius 3 is 2.88 bits per heavy atom. The maximum absolute atomic E-state index is 6.34. The largest absolute Gasteiger partial charge is 0.307 e. The van der Waals surface area contributed by atoms with Crippen molar-refractivity contribution < 1.29 is 0 Å². The van der Waals surface area contributed by atoms with Gasteiger partial charge in [0.1, 0.15) is 0 Å². The summed E-state index contributed by atoms with van der Waals surface area (Å²) in [6, 6.07) is 2.15. The van der Waals surface area contributed by atoms with Crippen molar-refractivity contribution in [3.05, 3.63) is 38.8 Å². The van der Waals surface area contributed by atoms with Crippen LogP contribution >= 0.6 is 22.9 Å². The third-order valence-electron chi connectivity index (χ3n) is 2.82. The molecule has 0 aliphatic carbocycles. The molecule has 0 radical (unpaired) electrons. The first-order valence-corrected chi connectivity index (χ1v) is 6.87.